The van der Waals surface area contributed by atoms with E-state index >= 15 is 0 Å². The van der Waals surface area contributed by atoms with Crippen molar-refractivity contribution in [3.8, 4) is 16.9 Å². The molecule has 4 heteroatoms. The largest absolute Gasteiger partial charge is 0.507 e. The average molecular weight is 667 g/mol. The Kier molecular flexibility index (Phi) is 14.1. The van der Waals surface area contributed by atoms with Gasteiger partial charge in [0.15, 0.2) is 0 Å². The van der Waals surface area contributed by atoms with Gasteiger partial charge in [0.05, 0.1) is 0 Å². The summed E-state index contributed by atoms with van der Waals surface area (Å²) in [6, 6.07) is 21.4. The molecule has 0 amide bonds. The molecular weight excluding hydrogens is 604 g/mol. The number of aliphatic hydroxyl groups excluding tert-OH is 2. The van der Waals surface area contributed by atoms with Crippen molar-refractivity contribution >= 4 is 21.9 Å². The van der Waals surface area contributed by atoms with Crippen LogP contribution in [0.25, 0.3) is 33.1 Å². The number of benzene rings is 4. The van der Waals surface area contributed by atoms with Gasteiger partial charge in [0.2, 0.25) is 0 Å². The smallest absolute Gasteiger partial charge is 0.138 e. The first-order chi connectivity index (χ1) is 23.0. The van der Waals surface area contributed by atoms with Gasteiger partial charge < -0.3 is 19.7 Å². The molecular formula is C45H62O4. The van der Waals surface area contributed by atoms with Crippen molar-refractivity contribution in [1.82, 2.24) is 0 Å². The summed E-state index contributed by atoms with van der Waals surface area (Å²) in [5, 5.41) is 30.4. The molecule has 0 unspecified atom stereocenters. The summed E-state index contributed by atoms with van der Waals surface area (Å²) in [6.45, 7) is 24.0. The quantitative estimate of drug-likeness (QED) is 0.144. The third-order valence-corrected chi connectivity index (χ3v) is 8.95. The second kappa shape index (κ2) is 17.4. The highest BCUT2D eigenvalue weighted by Crippen LogP contribution is 2.38. The number of hydrogen-bond acceptors (Lipinski definition) is 4. The molecule has 0 aliphatic heterocycles. The average Bonchev–Trinajstić information content (AvgIpc) is 3.35. The lowest BCUT2D eigenvalue weighted by molar-refractivity contribution is 0.224. The second-order valence-corrected chi connectivity index (χ2v) is 16.2. The number of unbranched alkanes of at least 4 members (excludes halogenated alkanes) is 1. The summed E-state index contributed by atoms with van der Waals surface area (Å²) in [4.78, 5) is 0. The molecule has 0 fully saturated rings. The van der Waals surface area contributed by atoms with Crippen LogP contribution < -0.4 is 0 Å². The van der Waals surface area contributed by atoms with E-state index < -0.39 is 0 Å². The number of fused-ring (bicyclic) bond motifs is 3. The molecule has 3 N–H and O–H groups in total. The van der Waals surface area contributed by atoms with E-state index in [1.165, 1.54) is 44.2 Å². The number of para-hydroxylation sites is 2. The molecule has 5 rings (SSSR count). The maximum absolute atomic E-state index is 11.1. The highest BCUT2D eigenvalue weighted by Gasteiger charge is 2.15. The summed E-state index contributed by atoms with van der Waals surface area (Å²) < 4.78 is 6.34. The molecule has 0 bridgehead atoms. The lowest BCUT2D eigenvalue weighted by atomic mass is 9.91. The van der Waals surface area contributed by atoms with Crippen molar-refractivity contribution in [3.05, 3.63) is 99.6 Å². The Morgan fingerprint density at radius 3 is 1.63 bits per heavy atom. The maximum Gasteiger partial charge on any atom is 0.138 e. The van der Waals surface area contributed by atoms with Crippen LogP contribution in [0.3, 0.4) is 0 Å². The van der Waals surface area contributed by atoms with Crippen LogP contribution in [0.15, 0.2) is 65.1 Å². The molecule has 4 aromatic carbocycles. The van der Waals surface area contributed by atoms with Crippen LogP contribution in [-0.2, 0) is 12.8 Å². The first-order valence-electron chi connectivity index (χ1n) is 18.0. The number of furan rings is 1. The number of hydrogen-bond donors (Lipinski definition) is 3. The van der Waals surface area contributed by atoms with E-state index in [9.17, 15) is 5.11 Å². The third-order valence-electron chi connectivity index (χ3n) is 8.95. The monoisotopic (exact) mass is 666 g/mol. The molecule has 5 aromatic rings. The second-order valence-electron chi connectivity index (χ2n) is 16.2. The SMILES string of the molecule is CC(C)(C)CCO.CC(C)(C)CCO.Cc1cc(C)c(-c2cccc(CCCCc3cccc4c3oc3cc(C)cc(C)c34)c2O)c(C)c1. The van der Waals surface area contributed by atoms with Crippen LogP contribution >= 0.6 is 0 Å². The van der Waals surface area contributed by atoms with E-state index in [-0.39, 0.29) is 0 Å². The van der Waals surface area contributed by atoms with Gasteiger partial charge in [-0.25, -0.2) is 0 Å². The molecule has 49 heavy (non-hydrogen) atoms. The van der Waals surface area contributed by atoms with Gasteiger partial charge in [0, 0.05) is 29.5 Å². The number of aliphatic hydroxyl groups is 2. The minimum atomic E-state index is 0.300. The van der Waals surface area contributed by atoms with Crippen molar-refractivity contribution in [1.29, 1.82) is 0 Å². The maximum atomic E-state index is 11.1. The van der Waals surface area contributed by atoms with Gasteiger partial charge in [0.25, 0.3) is 0 Å². The Morgan fingerprint density at radius 1 is 0.612 bits per heavy atom. The topological polar surface area (TPSA) is 73.8 Å². The number of aryl methyl sites for hydroxylation is 7. The number of aromatic hydroxyl groups is 1. The fourth-order valence-corrected chi connectivity index (χ4v) is 6.46. The lowest BCUT2D eigenvalue weighted by Crippen LogP contribution is -2.06. The Hall–Kier alpha value is -3.60. The normalized spacial score (nSPS) is 11.7. The molecule has 0 saturated carbocycles. The van der Waals surface area contributed by atoms with Gasteiger partial charge in [-0.15, -0.1) is 0 Å². The van der Waals surface area contributed by atoms with Crippen molar-refractivity contribution in [2.45, 2.75) is 115 Å². The predicted molar refractivity (Wildman–Crippen MR) is 210 cm³/mol. The van der Waals surface area contributed by atoms with Crippen LogP contribution in [0.4, 0.5) is 0 Å². The molecule has 0 atom stereocenters. The van der Waals surface area contributed by atoms with Crippen molar-refractivity contribution in [2.75, 3.05) is 13.2 Å². The van der Waals surface area contributed by atoms with Crippen LogP contribution in [0.5, 0.6) is 5.75 Å². The van der Waals surface area contributed by atoms with E-state index in [2.05, 4.69) is 131 Å². The third kappa shape index (κ3) is 11.5. The van der Waals surface area contributed by atoms with E-state index in [1.807, 2.05) is 6.07 Å². The zero-order valence-electron chi connectivity index (χ0n) is 32.2. The van der Waals surface area contributed by atoms with Crippen LogP contribution in [-0.4, -0.2) is 28.5 Å². The van der Waals surface area contributed by atoms with Gasteiger partial charge in [-0.1, -0.05) is 102 Å². The summed E-state index contributed by atoms with van der Waals surface area (Å²) >= 11 is 0. The molecule has 4 nitrogen and oxygen atoms in total. The van der Waals surface area contributed by atoms with Crippen LogP contribution in [0, 0.1) is 45.4 Å². The minimum absolute atomic E-state index is 0.300. The van der Waals surface area contributed by atoms with E-state index in [4.69, 9.17) is 14.6 Å². The Bertz CT molecular complexity index is 1770. The highest BCUT2D eigenvalue weighted by atomic mass is 16.3. The Morgan fingerprint density at radius 2 is 1.10 bits per heavy atom. The van der Waals surface area contributed by atoms with E-state index in [1.54, 1.807) is 0 Å². The Balaban J connectivity index is 0.000000392. The highest BCUT2D eigenvalue weighted by molar-refractivity contribution is 6.07. The molecule has 0 spiro atoms. The minimum Gasteiger partial charge on any atom is -0.507 e. The van der Waals surface area contributed by atoms with Gasteiger partial charge in [-0.2, -0.15) is 0 Å². The zero-order valence-corrected chi connectivity index (χ0v) is 32.2. The van der Waals surface area contributed by atoms with E-state index in [0.29, 0.717) is 29.8 Å². The molecule has 0 saturated heterocycles. The van der Waals surface area contributed by atoms with Gasteiger partial charge in [-0.05, 0) is 129 Å². The molecule has 0 radical (unpaired) electrons. The predicted octanol–water partition coefficient (Wildman–Crippen LogP) is 11.9. The first-order valence-corrected chi connectivity index (χ1v) is 18.0. The van der Waals surface area contributed by atoms with E-state index in [0.717, 1.165) is 66.4 Å². The lowest BCUT2D eigenvalue weighted by Gasteiger charge is -2.15. The summed E-state index contributed by atoms with van der Waals surface area (Å²) in [7, 11) is 0. The fourth-order valence-electron chi connectivity index (χ4n) is 6.46. The molecule has 266 valence electrons. The van der Waals surface area contributed by atoms with Gasteiger partial charge in [0.1, 0.15) is 16.9 Å². The Labute approximate surface area is 296 Å². The zero-order chi connectivity index (χ0) is 36.5. The number of phenolic OH excluding ortho intramolecular Hbond substituents is 1. The van der Waals surface area contributed by atoms with Crippen LogP contribution in [0.2, 0.25) is 0 Å². The van der Waals surface area contributed by atoms with Crippen molar-refractivity contribution in [2.24, 2.45) is 10.8 Å². The molecule has 0 aliphatic rings. The van der Waals surface area contributed by atoms with Crippen molar-refractivity contribution in [3.63, 3.8) is 0 Å². The molecule has 1 aromatic heterocycles. The van der Waals surface area contributed by atoms with Gasteiger partial charge >= 0.3 is 0 Å². The summed E-state index contributed by atoms with van der Waals surface area (Å²) in [6.07, 6.45) is 5.67. The summed E-state index contributed by atoms with van der Waals surface area (Å²) in [5.74, 6) is 0.424. The first kappa shape index (κ1) is 39.8. The van der Waals surface area contributed by atoms with Gasteiger partial charge in [-0.3, -0.25) is 0 Å². The summed E-state index contributed by atoms with van der Waals surface area (Å²) in [5.41, 5.74) is 13.1. The molecule has 0 aliphatic carbocycles. The number of phenols is 1. The standard InChI is InChI=1S/C33H34O2.2C6H14O/c1-20-16-22(3)30(23(4)17-20)27-14-8-12-25(32(27)34)10-6-7-11-26-13-9-15-28-31-24(5)18-21(2)19-29(31)35-33(26)28;2*1-6(2,3)4-5-7/h8-9,12-19,34H,6-7,10-11H2,1-5H3;2*7H,4-5H2,1-3H3. The fraction of sp³-hybridized carbons (Fsp3) is 0.467. The van der Waals surface area contributed by atoms with Crippen molar-refractivity contribution < 1.29 is 19.7 Å². The van der Waals surface area contributed by atoms with Crippen LogP contribution in [0.1, 0.15) is 106 Å². The number of rotatable bonds is 8. The molecule has 1 heterocycles.